The quantitative estimate of drug-likeness (QED) is 0.0768. The van der Waals surface area contributed by atoms with E-state index in [1.807, 2.05) is 55.5 Å². The van der Waals surface area contributed by atoms with Gasteiger partial charge in [-0.05, 0) is 48.2 Å². The molecule has 0 saturated heterocycles. The highest BCUT2D eigenvalue weighted by atomic mass is 35.5. The van der Waals surface area contributed by atoms with E-state index in [2.05, 4.69) is 35.0 Å². The summed E-state index contributed by atoms with van der Waals surface area (Å²) in [6.07, 6.45) is 1.69. The monoisotopic (exact) mass is 880 g/mol. The zero-order chi connectivity index (χ0) is 46.7. The number of phenols is 2. The number of rotatable bonds is 12. The van der Waals surface area contributed by atoms with E-state index in [-0.39, 0.29) is 74.1 Å². The summed E-state index contributed by atoms with van der Waals surface area (Å²) in [5.41, 5.74) is 8.42. The van der Waals surface area contributed by atoms with E-state index in [1.165, 1.54) is 59.8 Å². The Kier molecular flexibility index (Phi) is 16.6. The number of hydrogen-bond acceptors (Lipinski definition) is 12. The standard InChI is InChI=1S/C23H26N4O4.C14H14ClN3O4.C9H13N/c1-5-16(14-10-7-6-8-11-14)24-18-19(23(31)27(4)22(18)30)25-17-13-9-12-15(20(17)28)21(29)26(2)3;1-17(2)12(20)7-5-4-6-8(11(7)19)16-10-9(15)13(21)18(3)14(10)22;1-2-9(10)8-6-4-3-5-7-8/h6-13,16,24-25,28H,5H2,1-4H3;4-6,16,19H,1-3H3;3-7,9H,2,10H2,1H3/t16-;;9-/m1.1/s1. The van der Waals surface area contributed by atoms with Gasteiger partial charge in [0.25, 0.3) is 35.4 Å². The molecule has 0 aromatic heterocycles. The molecule has 4 aromatic carbocycles. The molecule has 332 valence electrons. The number of carbonyl (C=O) groups is 6. The number of nitrogens with one attached hydrogen (secondary N) is 3. The highest BCUT2D eigenvalue weighted by Crippen LogP contribution is 2.34. The number of para-hydroxylation sites is 2. The maximum Gasteiger partial charge on any atom is 0.279 e. The van der Waals surface area contributed by atoms with E-state index in [9.17, 15) is 39.0 Å². The minimum absolute atomic E-state index is 0.0200. The van der Waals surface area contributed by atoms with E-state index < -0.39 is 29.5 Å². The summed E-state index contributed by atoms with van der Waals surface area (Å²) in [5, 5.41) is 29.2. The second-order valence-corrected chi connectivity index (χ2v) is 15.1. The lowest BCUT2D eigenvalue weighted by Gasteiger charge is -2.20. The first-order valence-electron chi connectivity index (χ1n) is 19.9. The summed E-state index contributed by atoms with van der Waals surface area (Å²) in [4.78, 5) is 77.9. The van der Waals surface area contributed by atoms with Crippen molar-refractivity contribution in [1.82, 2.24) is 24.9 Å². The fourth-order valence-electron chi connectivity index (χ4n) is 6.21. The van der Waals surface area contributed by atoms with Crippen LogP contribution in [0.4, 0.5) is 11.4 Å². The first kappa shape index (κ1) is 48.5. The van der Waals surface area contributed by atoms with E-state index in [0.29, 0.717) is 6.42 Å². The van der Waals surface area contributed by atoms with Gasteiger partial charge >= 0.3 is 0 Å². The molecule has 2 aliphatic rings. The molecular weight excluding hydrogens is 828 g/mol. The highest BCUT2D eigenvalue weighted by Gasteiger charge is 2.38. The van der Waals surface area contributed by atoms with Gasteiger partial charge in [0, 0.05) is 48.3 Å². The molecule has 0 saturated carbocycles. The molecule has 0 unspecified atom stereocenters. The van der Waals surface area contributed by atoms with Crippen LogP contribution < -0.4 is 21.7 Å². The van der Waals surface area contributed by atoms with Gasteiger partial charge in [0.15, 0.2) is 11.5 Å². The van der Waals surface area contributed by atoms with Gasteiger partial charge in [0.1, 0.15) is 22.1 Å². The second-order valence-electron chi connectivity index (χ2n) is 14.8. The van der Waals surface area contributed by atoms with Crippen LogP contribution in [0.3, 0.4) is 0 Å². The van der Waals surface area contributed by atoms with Crippen LogP contribution in [0.25, 0.3) is 0 Å². The average molecular weight is 881 g/mol. The van der Waals surface area contributed by atoms with Crippen molar-refractivity contribution < 1.29 is 39.0 Å². The van der Waals surface area contributed by atoms with Gasteiger partial charge in [-0.1, -0.05) is 98.2 Å². The third-order valence-electron chi connectivity index (χ3n) is 9.98. The number of carbonyl (C=O) groups excluding carboxylic acids is 6. The molecule has 2 aliphatic heterocycles. The van der Waals surface area contributed by atoms with Crippen LogP contribution in [0.1, 0.15) is 70.6 Å². The lowest BCUT2D eigenvalue weighted by molar-refractivity contribution is -0.137. The third kappa shape index (κ3) is 11.2. The van der Waals surface area contributed by atoms with Crippen LogP contribution >= 0.6 is 11.6 Å². The number of likely N-dealkylation sites (N-methyl/N-ethyl adjacent to an activating group) is 2. The predicted octanol–water partition coefficient (Wildman–Crippen LogP) is 5.51. The normalized spacial score (nSPS) is 14.4. The fraction of sp³-hybridized carbons (Fsp3) is 0.261. The molecule has 0 spiro atoms. The molecule has 2 atom stereocenters. The number of imide groups is 2. The maximum atomic E-state index is 12.8. The SMILES string of the molecule is CC[C@@H](N)c1ccccc1.CC[C@@H](NC1=C(Nc2cccc(C(=O)N(C)C)c2O)C(=O)N(C)C1=O)c1ccccc1.CN(C)C(=O)c1cccc(NC2=C(Cl)C(=O)N(C)C2=O)c1O. The number of hydrogen-bond donors (Lipinski definition) is 6. The molecule has 0 radical (unpaired) electrons. The Morgan fingerprint density at radius 1 is 0.603 bits per heavy atom. The van der Waals surface area contributed by atoms with Gasteiger partial charge in [0.05, 0.1) is 28.5 Å². The van der Waals surface area contributed by atoms with Crippen LogP contribution in [0, 0.1) is 0 Å². The number of halogens is 1. The number of benzene rings is 4. The van der Waals surface area contributed by atoms with Gasteiger partial charge in [-0.3, -0.25) is 38.6 Å². The van der Waals surface area contributed by atoms with Crippen LogP contribution in [0.2, 0.25) is 0 Å². The Morgan fingerprint density at radius 2 is 1.02 bits per heavy atom. The molecule has 2 heterocycles. The smallest absolute Gasteiger partial charge is 0.279 e. The van der Waals surface area contributed by atoms with Crippen LogP contribution in [-0.4, -0.2) is 108 Å². The summed E-state index contributed by atoms with van der Waals surface area (Å²) >= 11 is 5.82. The second kappa shape index (κ2) is 21.6. The van der Waals surface area contributed by atoms with Gasteiger partial charge < -0.3 is 41.7 Å². The van der Waals surface area contributed by atoms with Crippen molar-refractivity contribution in [3.8, 4) is 11.5 Å². The maximum absolute atomic E-state index is 12.8. The van der Waals surface area contributed by atoms with Crippen LogP contribution in [0.5, 0.6) is 11.5 Å². The van der Waals surface area contributed by atoms with Crippen LogP contribution in [0.15, 0.2) is 119 Å². The molecule has 63 heavy (non-hydrogen) atoms. The molecular formula is C46H53ClN8O8. The minimum atomic E-state index is -0.630. The van der Waals surface area contributed by atoms with Crippen molar-refractivity contribution in [2.75, 3.05) is 52.9 Å². The largest absolute Gasteiger partial charge is 0.505 e. The van der Waals surface area contributed by atoms with Gasteiger partial charge in [-0.2, -0.15) is 0 Å². The lowest BCUT2D eigenvalue weighted by Crippen LogP contribution is -2.31. The van der Waals surface area contributed by atoms with Gasteiger partial charge in [0.2, 0.25) is 0 Å². The molecule has 17 heteroatoms. The summed E-state index contributed by atoms with van der Waals surface area (Å²) in [7, 11) is 8.96. The number of phenolic OH excluding ortho intramolecular Hbond substituents is 2. The zero-order valence-electron chi connectivity index (χ0n) is 36.4. The predicted molar refractivity (Wildman–Crippen MR) is 241 cm³/mol. The first-order valence-corrected chi connectivity index (χ1v) is 20.3. The number of amides is 6. The highest BCUT2D eigenvalue weighted by molar-refractivity contribution is 6.48. The minimum Gasteiger partial charge on any atom is -0.505 e. The molecule has 0 bridgehead atoms. The number of aromatic hydroxyl groups is 2. The first-order chi connectivity index (χ1) is 29.9. The van der Waals surface area contributed by atoms with E-state index >= 15 is 0 Å². The van der Waals surface area contributed by atoms with Crippen molar-refractivity contribution in [3.63, 3.8) is 0 Å². The van der Waals surface area contributed by atoms with E-state index in [4.69, 9.17) is 17.3 Å². The number of anilines is 2. The zero-order valence-corrected chi connectivity index (χ0v) is 37.2. The number of nitrogens with two attached hydrogens (primary N) is 1. The average Bonchev–Trinajstić information content (AvgIpc) is 3.59. The topological polar surface area (TPSA) is 218 Å². The molecule has 7 N–H and O–H groups in total. The molecule has 6 amide bonds. The summed E-state index contributed by atoms with van der Waals surface area (Å²) in [6.45, 7) is 4.07. The Balaban J connectivity index is 0.000000235. The number of nitrogens with zero attached hydrogens (tertiary/aromatic N) is 4. The van der Waals surface area contributed by atoms with Crippen molar-refractivity contribution >= 4 is 58.4 Å². The van der Waals surface area contributed by atoms with Crippen molar-refractivity contribution in [1.29, 1.82) is 0 Å². The van der Waals surface area contributed by atoms with Gasteiger partial charge in [-0.15, -0.1) is 0 Å². The molecule has 4 aromatic rings. The lowest BCUT2D eigenvalue weighted by atomic mass is 10.0. The Morgan fingerprint density at radius 3 is 1.43 bits per heavy atom. The third-order valence-corrected chi connectivity index (χ3v) is 10.3. The summed E-state index contributed by atoms with van der Waals surface area (Å²) < 4.78 is 0. The molecule has 6 rings (SSSR count). The van der Waals surface area contributed by atoms with Gasteiger partial charge in [-0.25, -0.2) is 0 Å². The van der Waals surface area contributed by atoms with E-state index in [1.54, 1.807) is 34.3 Å². The summed E-state index contributed by atoms with van der Waals surface area (Å²) in [5.74, 6) is -3.64. The van der Waals surface area contributed by atoms with Crippen molar-refractivity contribution in [2.45, 2.75) is 38.8 Å². The van der Waals surface area contributed by atoms with Crippen LogP contribution in [-0.2, 0) is 19.2 Å². The molecule has 0 fully saturated rings. The summed E-state index contributed by atoms with van der Waals surface area (Å²) in [6, 6.07) is 28.9. The molecule has 16 nitrogen and oxygen atoms in total. The molecule has 0 aliphatic carbocycles. The van der Waals surface area contributed by atoms with Crippen molar-refractivity contribution in [3.05, 3.63) is 141 Å². The Labute approximate surface area is 371 Å². The Hall–Kier alpha value is -7.17. The fourth-order valence-corrected chi connectivity index (χ4v) is 6.46. The van der Waals surface area contributed by atoms with Crippen molar-refractivity contribution in [2.24, 2.45) is 5.73 Å². The Bertz CT molecular complexity index is 2420. The van der Waals surface area contributed by atoms with E-state index in [0.717, 1.165) is 21.8 Å².